The first kappa shape index (κ1) is 17.6. The standard InChI is InChI=1S/C19H18ClN3OS/c1-22(2)16-10-4-13(5-11-16)12-17-18(24)23(3)19(25-17)21-15-8-6-14(20)7-9-15/h4-12H,1-3H3/b17-12+,21-19?. The lowest BCUT2D eigenvalue weighted by Gasteiger charge is -2.11. The van der Waals surface area contributed by atoms with Crippen LogP contribution in [0.1, 0.15) is 5.56 Å². The van der Waals surface area contributed by atoms with Crippen LogP contribution in [0.15, 0.2) is 58.4 Å². The number of hydrogen-bond acceptors (Lipinski definition) is 4. The second kappa shape index (κ2) is 7.33. The van der Waals surface area contributed by atoms with E-state index in [9.17, 15) is 4.79 Å². The van der Waals surface area contributed by atoms with E-state index in [1.54, 1.807) is 24.1 Å². The lowest BCUT2D eigenvalue weighted by molar-refractivity contribution is -0.121. The highest BCUT2D eigenvalue weighted by Crippen LogP contribution is 2.33. The fourth-order valence-electron chi connectivity index (χ4n) is 2.30. The second-order valence-corrected chi connectivity index (χ2v) is 7.28. The second-order valence-electron chi connectivity index (χ2n) is 5.83. The van der Waals surface area contributed by atoms with E-state index >= 15 is 0 Å². The maximum atomic E-state index is 12.5. The van der Waals surface area contributed by atoms with Crippen molar-refractivity contribution >= 4 is 51.9 Å². The predicted molar refractivity (Wildman–Crippen MR) is 108 cm³/mol. The number of amides is 1. The smallest absolute Gasteiger partial charge is 0.266 e. The largest absolute Gasteiger partial charge is 0.378 e. The molecule has 1 aliphatic rings. The lowest BCUT2D eigenvalue weighted by Crippen LogP contribution is -2.23. The molecule has 128 valence electrons. The van der Waals surface area contributed by atoms with Crippen LogP contribution in [0.5, 0.6) is 0 Å². The topological polar surface area (TPSA) is 35.9 Å². The Balaban J connectivity index is 1.84. The molecule has 0 aliphatic carbocycles. The molecule has 0 aromatic heterocycles. The van der Waals surface area contributed by atoms with Gasteiger partial charge in [-0.15, -0.1) is 0 Å². The number of anilines is 1. The van der Waals surface area contributed by atoms with Crippen LogP contribution in [0.4, 0.5) is 11.4 Å². The van der Waals surface area contributed by atoms with E-state index in [2.05, 4.69) is 4.99 Å². The molecule has 6 heteroatoms. The predicted octanol–water partition coefficient (Wildman–Crippen LogP) is 4.64. The monoisotopic (exact) mass is 371 g/mol. The zero-order chi connectivity index (χ0) is 18.0. The van der Waals surface area contributed by atoms with Crippen LogP contribution in [-0.2, 0) is 4.79 Å². The summed E-state index contributed by atoms with van der Waals surface area (Å²) in [7, 11) is 5.73. The molecule has 0 N–H and O–H groups in total. The number of hydrogen-bond donors (Lipinski definition) is 0. The highest BCUT2D eigenvalue weighted by molar-refractivity contribution is 8.18. The number of rotatable bonds is 3. The average molecular weight is 372 g/mol. The highest BCUT2D eigenvalue weighted by Gasteiger charge is 2.30. The number of benzene rings is 2. The molecule has 4 nitrogen and oxygen atoms in total. The average Bonchev–Trinajstić information content (AvgIpc) is 2.85. The van der Waals surface area contributed by atoms with E-state index in [0.717, 1.165) is 16.9 Å². The third-order valence-corrected chi connectivity index (χ3v) is 5.07. The molecule has 1 saturated heterocycles. The van der Waals surface area contributed by atoms with Gasteiger partial charge in [-0.1, -0.05) is 23.7 Å². The molecule has 0 spiro atoms. The summed E-state index contributed by atoms with van der Waals surface area (Å²) >= 11 is 7.27. The molecule has 2 aromatic carbocycles. The molecule has 1 aliphatic heterocycles. The first-order valence-corrected chi connectivity index (χ1v) is 8.93. The molecule has 0 atom stereocenters. The van der Waals surface area contributed by atoms with Gasteiger partial charge >= 0.3 is 0 Å². The molecule has 0 saturated carbocycles. The van der Waals surface area contributed by atoms with Gasteiger partial charge in [0.25, 0.3) is 5.91 Å². The molecule has 1 heterocycles. The van der Waals surface area contributed by atoms with Gasteiger partial charge < -0.3 is 4.90 Å². The van der Waals surface area contributed by atoms with E-state index in [4.69, 9.17) is 11.6 Å². The van der Waals surface area contributed by atoms with Crippen molar-refractivity contribution in [2.45, 2.75) is 0 Å². The Morgan fingerprint density at radius 1 is 1.08 bits per heavy atom. The van der Waals surface area contributed by atoms with Crippen molar-refractivity contribution in [3.63, 3.8) is 0 Å². The Hall–Kier alpha value is -2.24. The zero-order valence-corrected chi connectivity index (χ0v) is 15.8. The van der Waals surface area contributed by atoms with Gasteiger partial charge in [0.15, 0.2) is 5.17 Å². The molecule has 1 amide bonds. The van der Waals surface area contributed by atoms with Gasteiger partial charge in [0, 0.05) is 31.9 Å². The Labute approximate surface area is 156 Å². The van der Waals surface area contributed by atoms with Crippen molar-refractivity contribution < 1.29 is 4.79 Å². The molecular formula is C19H18ClN3OS. The number of nitrogens with zero attached hydrogens (tertiary/aromatic N) is 3. The van der Waals surface area contributed by atoms with Crippen LogP contribution in [0, 0.1) is 0 Å². The number of halogens is 1. The van der Waals surface area contributed by atoms with Gasteiger partial charge in [-0.3, -0.25) is 9.69 Å². The lowest BCUT2D eigenvalue weighted by atomic mass is 10.2. The van der Waals surface area contributed by atoms with Crippen LogP contribution in [-0.4, -0.2) is 37.1 Å². The number of carbonyl (C=O) groups is 1. The van der Waals surface area contributed by atoms with Crippen molar-refractivity contribution in [2.24, 2.45) is 4.99 Å². The van der Waals surface area contributed by atoms with E-state index in [0.29, 0.717) is 15.1 Å². The number of amidine groups is 1. The first-order valence-electron chi connectivity index (χ1n) is 7.73. The minimum absolute atomic E-state index is 0.0469. The number of likely N-dealkylation sites (N-methyl/N-ethyl adjacent to an activating group) is 1. The maximum Gasteiger partial charge on any atom is 0.266 e. The number of thioether (sulfide) groups is 1. The van der Waals surface area contributed by atoms with E-state index in [1.165, 1.54) is 11.8 Å². The molecule has 25 heavy (non-hydrogen) atoms. The highest BCUT2D eigenvalue weighted by atomic mass is 35.5. The summed E-state index contributed by atoms with van der Waals surface area (Å²) in [6, 6.07) is 15.3. The molecule has 3 rings (SSSR count). The summed E-state index contributed by atoms with van der Waals surface area (Å²) < 4.78 is 0. The van der Waals surface area contributed by atoms with Gasteiger partial charge in [-0.25, -0.2) is 4.99 Å². The Bertz CT molecular complexity index is 842. The minimum Gasteiger partial charge on any atom is -0.378 e. The van der Waals surface area contributed by atoms with Crippen molar-refractivity contribution in [1.29, 1.82) is 0 Å². The Kier molecular flexibility index (Phi) is 5.16. The molecular weight excluding hydrogens is 354 g/mol. The summed E-state index contributed by atoms with van der Waals surface area (Å²) in [5.41, 5.74) is 2.88. The Morgan fingerprint density at radius 2 is 1.72 bits per heavy atom. The van der Waals surface area contributed by atoms with Crippen molar-refractivity contribution in [2.75, 3.05) is 26.0 Å². The quantitative estimate of drug-likeness (QED) is 0.737. The van der Waals surface area contributed by atoms with E-state index < -0.39 is 0 Å². The van der Waals surface area contributed by atoms with Gasteiger partial charge in [0.1, 0.15) is 0 Å². The molecule has 0 radical (unpaired) electrons. The van der Waals surface area contributed by atoms with Crippen molar-refractivity contribution in [3.05, 3.63) is 64.0 Å². The summed E-state index contributed by atoms with van der Waals surface area (Å²) in [6.45, 7) is 0. The third kappa shape index (κ3) is 4.06. The van der Waals surface area contributed by atoms with E-state index in [1.807, 2.05) is 61.5 Å². The summed E-state index contributed by atoms with van der Waals surface area (Å²) in [4.78, 5) is 21.3. The third-order valence-electron chi connectivity index (χ3n) is 3.76. The SMILES string of the molecule is CN1C(=O)/C(=C\c2ccc(N(C)C)cc2)SC1=Nc1ccc(Cl)cc1. The van der Waals surface area contributed by atoms with E-state index in [-0.39, 0.29) is 5.91 Å². The van der Waals surface area contributed by atoms with Crippen LogP contribution >= 0.6 is 23.4 Å². The normalized spacial score (nSPS) is 17.6. The van der Waals surface area contributed by atoms with Crippen molar-refractivity contribution in [3.8, 4) is 0 Å². The van der Waals surface area contributed by atoms with Gasteiger partial charge in [0.05, 0.1) is 10.6 Å². The summed E-state index contributed by atoms with van der Waals surface area (Å²) in [5, 5.41) is 1.32. The molecule has 0 bridgehead atoms. The maximum absolute atomic E-state index is 12.5. The molecule has 1 fully saturated rings. The van der Waals surface area contributed by atoms with Gasteiger partial charge in [0.2, 0.25) is 0 Å². The van der Waals surface area contributed by atoms with Crippen LogP contribution in [0.3, 0.4) is 0 Å². The van der Waals surface area contributed by atoms with Gasteiger partial charge in [-0.2, -0.15) is 0 Å². The first-order chi connectivity index (χ1) is 11.9. The van der Waals surface area contributed by atoms with Crippen LogP contribution in [0.25, 0.3) is 6.08 Å². The zero-order valence-electron chi connectivity index (χ0n) is 14.2. The number of aliphatic imine (C=N–C) groups is 1. The number of carbonyl (C=O) groups excluding carboxylic acids is 1. The minimum atomic E-state index is -0.0469. The van der Waals surface area contributed by atoms with Crippen molar-refractivity contribution in [1.82, 2.24) is 4.90 Å². The molecule has 0 unspecified atom stereocenters. The fraction of sp³-hybridized carbons (Fsp3) is 0.158. The summed E-state index contributed by atoms with van der Waals surface area (Å²) in [5.74, 6) is -0.0469. The van der Waals surface area contributed by atoms with Crippen LogP contribution in [0.2, 0.25) is 5.02 Å². The fourth-order valence-corrected chi connectivity index (χ4v) is 3.41. The van der Waals surface area contributed by atoms with Crippen LogP contribution < -0.4 is 4.90 Å². The summed E-state index contributed by atoms with van der Waals surface area (Å²) in [6.07, 6.45) is 1.90. The molecule has 2 aromatic rings. The van der Waals surface area contributed by atoms with Gasteiger partial charge in [-0.05, 0) is 59.8 Å². The Morgan fingerprint density at radius 3 is 2.32 bits per heavy atom.